The quantitative estimate of drug-likeness (QED) is 0.238. The number of hydrogen-bond donors (Lipinski definition) is 3. The minimum Gasteiger partial charge on any atom is -0.493 e. The number of aliphatic imine (C=N–C) groups is 1. The third-order valence-electron chi connectivity index (χ3n) is 4.35. The summed E-state index contributed by atoms with van der Waals surface area (Å²) in [4.78, 5) is 12.4. The molecular formula is C22H28IN5O2. The number of rotatable bonds is 8. The number of guanidine groups is 1. The van der Waals surface area contributed by atoms with Gasteiger partial charge in [0.25, 0.3) is 0 Å². The van der Waals surface area contributed by atoms with Crippen LogP contribution in [0.2, 0.25) is 0 Å². The highest BCUT2D eigenvalue weighted by Gasteiger charge is 2.06. The van der Waals surface area contributed by atoms with Crippen LogP contribution < -0.4 is 20.1 Å². The summed E-state index contributed by atoms with van der Waals surface area (Å²) in [5, 5.41) is 6.57. The Labute approximate surface area is 194 Å². The fourth-order valence-corrected chi connectivity index (χ4v) is 2.88. The maximum atomic E-state index is 5.36. The molecule has 0 saturated heterocycles. The monoisotopic (exact) mass is 521 g/mol. The molecule has 0 amide bonds. The molecule has 3 N–H and O–H groups in total. The number of halogens is 1. The van der Waals surface area contributed by atoms with Crippen LogP contribution >= 0.6 is 24.0 Å². The largest absolute Gasteiger partial charge is 0.493 e. The second-order valence-corrected chi connectivity index (χ2v) is 6.35. The van der Waals surface area contributed by atoms with Crippen LogP contribution in [-0.2, 0) is 13.1 Å². The normalized spacial score (nSPS) is 10.8. The molecule has 0 fully saturated rings. The van der Waals surface area contributed by atoms with E-state index in [1.54, 1.807) is 14.2 Å². The molecule has 0 saturated carbocycles. The van der Waals surface area contributed by atoms with E-state index < -0.39 is 0 Å². The summed E-state index contributed by atoms with van der Waals surface area (Å²) in [6.07, 6.45) is 1.85. The summed E-state index contributed by atoms with van der Waals surface area (Å²) in [6, 6.07) is 15.9. The summed E-state index contributed by atoms with van der Waals surface area (Å²) in [7, 11) is 3.25. The molecule has 1 aromatic heterocycles. The molecule has 0 spiro atoms. The van der Waals surface area contributed by atoms with Gasteiger partial charge in [-0.05, 0) is 30.2 Å². The molecule has 0 aliphatic heterocycles. The van der Waals surface area contributed by atoms with Gasteiger partial charge in [-0.1, -0.05) is 36.4 Å². The summed E-state index contributed by atoms with van der Waals surface area (Å²) in [5.41, 5.74) is 3.14. The molecule has 7 nitrogen and oxygen atoms in total. The first-order chi connectivity index (χ1) is 14.2. The maximum absolute atomic E-state index is 5.36. The Hall–Kier alpha value is -2.75. The van der Waals surface area contributed by atoms with Crippen LogP contribution in [0.15, 0.2) is 59.7 Å². The van der Waals surface area contributed by atoms with E-state index in [1.807, 2.05) is 49.5 Å². The van der Waals surface area contributed by atoms with Crippen LogP contribution in [0, 0.1) is 0 Å². The van der Waals surface area contributed by atoms with Gasteiger partial charge in [-0.25, -0.2) is 9.98 Å². The minimum absolute atomic E-state index is 0. The molecule has 160 valence electrons. The number of aromatic amines is 1. The van der Waals surface area contributed by atoms with E-state index in [-0.39, 0.29) is 24.0 Å². The van der Waals surface area contributed by atoms with Gasteiger partial charge >= 0.3 is 0 Å². The van der Waals surface area contributed by atoms with Crippen molar-refractivity contribution in [2.45, 2.75) is 20.0 Å². The standard InChI is InChI=1S/C22H27N5O2.HI/c1-4-23-22(25-13-16-10-11-19(28-2)20(12-16)29-3)26-15-21-24-14-18(27-21)17-8-6-5-7-9-17;/h5-12,14H,4,13,15H2,1-3H3,(H,24,27)(H2,23,25,26);1H. The van der Waals surface area contributed by atoms with Crippen molar-refractivity contribution in [2.24, 2.45) is 4.99 Å². The van der Waals surface area contributed by atoms with Crippen LogP contribution in [-0.4, -0.2) is 36.7 Å². The lowest BCUT2D eigenvalue weighted by molar-refractivity contribution is 0.354. The SMILES string of the molecule is CCNC(=NCc1ccc(OC)c(OC)c1)NCc1ncc(-c2ccccc2)[nH]1.I. The number of methoxy groups -OCH3 is 2. The zero-order valence-electron chi connectivity index (χ0n) is 17.4. The topological polar surface area (TPSA) is 83.6 Å². The number of hydrogen-bond acceptors (Lipinski definition) is 4. The van der Waals surface area contributed by atoms with Crippen LogP contribution in [0.25, 0.3) is 11.3 Å². The molecule has 2 aromatic carbocycles. The van der Waals surface area contributed by atoms with Crippen LogP contribution in [0.3, 0.4) is 0 Å². The van der Waals surface area contributed by atoms with Gasteiger partial charge < -0.3 is 25.1 Å². The summed E-state index contributed by atoms with van der Waals surface area (Å²) in [6.45, 7) is 3.87. The Morgan fingerprint density at radius 1 is 1.03 bits per heavy atom. The van der Waals surface area contributed by atoms with Gasteiger partial charge in [-0.3, -0.25) is 0 Å². The van der Waals surface area contributed by atoms with Gasteiger partial charge in [0.2, 0.25) is 0 Å². The lowest BCUT2D eigenvalue weighted by atomic mass is 10.2. The number of ether oxygens (including phenoxy) is 2. The first-order valence-corrected chi connectivity index (χ1v) is 9.56. The molecule has 0 aliphatic carbocycles. The number of benzene rings is 2. The highest BCUT2D eigenvalue weighted by atomic mass is 127. The van der Waals surface area contributed by atoms with Crippen molar-refractivity contribution in [3.05, 3.63) is 66.1 Å². The van der Waals surface area contributed by atoms with Crippen molar-refractivity contribution in [3.8, 4) is 22.8 Å². The second kappa shape index (κ2) is 12.1. The summed E-state index contributed by atoms with van der Waals surface area (Å²) < 4.78 is 10.6. The summed E-state index contributed by atoms with van der Waals surface area (Å²) >= 11 is 0. The molecule has 30 heavy (non-hydrogen) atoms. The Morgan fingerprint density at radius 3 is 2.50 bits per heavy atom. The minimum atomic E-state index is 0. The highest BCUT2D eigenvalue weighted by Crippen LogP contribution is 2.27. The number of imidazole rings is 1. The fraction of sp³-hybridized carbons (Fsp3) is 0.273. The molecule has 0 atom stereocenters. The molecule has 3 aromatic rings. The predicted molar refractivity (Wildman–Crippen MR) is 131 cm³/mol. The van der Waals surface area contributed by atoms with E-state index in [0.29, 0.717) is 24.6 Å². The third-order valence-corrected chi connectivity index (χ3v) is 4.35. The molecule has 3 rings (SSSR count). The average Bonchev–Trinajstić information content (AvgIpc) is 3.25. The number of H-pyrrole nitrogens is 1. The molecule has 1 heterocycles. The Kier molecular flexibility index (Phi) is 9.46. The molecule has 0 aliphatic rings. The van der Waals surface area contributed by atoms with E-state index >= 15 is 0 Å². The highest BCUT2D eigenvalue weighted by molar-refractivity contribution is 14.0. The number of nitrogens with one attached hydrogen (secondary N) is 3. The van der Waals surface area contributed by atoms with E-state index in [1.165, 1.54) is 0 Å². The van der Waals surface area contributed by atoms with Crippen LogP contribution in [0.5, 0.6) is 11.5 Å². The zero-order valence-corrected chi connectivity index (χ0v) is 19.8. The number of aromatic nitrogens is 2. The van der Waals surface area contributed by atoms with E-state index in [0.717, 1.165) is 35.1 Å². The van der Waals surface area contributed by atoms with Crippen LogP contribution in [0.1, 0.15) is 18.3 Å². The van der Waals surface area contributed by atoms with Crippen molar-refractivity contribution in [3.63, 3.8) is 0 Å². The summed E-state index contributed by atoms with van der Waals surface area (Å²) in [5.74, 6) is 2.97. The van der Waals surface area contributed by atoms with Crippen LogP contribution in [0.4, 0.5) is 0 Å². The van der Waals surface area contributed by atoms with Crippen molar-refractivity contribution >= 4 is 29.9 Å². The Bertz CT molecular complexity index is 944. The van der Waals surface area contributed by atoms with E-state index in [2.05, 4.69) is 37.7 Å². The van der Waals surface area contributed by atoms with Gasteiger partial charge in [0.05, 0.1) is 39.2 Å². The van der Waals surface area contributed by atoms with Crippen molar-refractivity contribution in [2.75, 3.05) is 20.8 Å². The van der Waals surface area contributed by atoms with Gasteiger partial charge in [0, 0.05) is 6.54 Å². The molecule has 0 radical (unpaired) electrons. The first kappa shape index (κ1) is 23.5. The smallest absolute Gasteiger partial charge is 0.191 e. The fourth-order valence-electron chi connectivity index (χ4n) is 2.88. The first-order valence-electron chi connectivity index (χ1n) is 9.56. The van der Waals surface area contributed by atoms with Crippen molar-refractivity contribution in [1.29, 1.82) is 0 Å². The van der Waals surface area contributed by atoms with Crippen molar-refractivity contribution < 1.29 is 9.47 Å². The van der Waals surface area contributed by atoms with E-state index in [9.17, 15) is 0 Å². The molecular weight excluding hydrogens is 493 g/mol. The van der Waals surface area contributed by atoms with Gasteiger partial charge in [-0.15, -0.1) is 24.0 Å². The number of nitrogens with zero attached hydrogens (tertiary/aromatic N) is 2. The molecule has 0 bridgehead atoms. The van der Waals surface area contributed by atoms with Crippen molar-refractivity contribution in [1.82, 2.24) is 20.6 Å². The third kappa shape index (κ3) is 6.38. The zero-order chi connectivity index (χ0) is 20.5. The Balaban J connectivity index is 0.00000320. The Morgan fingerprint density at radius 2 is 1.80 bits per heavy atom. The second-order valence-electron chi connectivity index (χ2n) is 6.35. The maximum Gasteiger partial charge on any atom is 0.191 e. The lowest BCUT2D eigenvalue weighted by Crippen LogP contribution is -2.37. The molecule has 8 heteroatoms. The van der Waals surface area contributed by atoms with E-state index in [4.69, 9.17) is 9.47 Å². The van der Waals surface area contributed by atoms with Gasteiger partial charge in [0.15, 0.2) is 17.5 Å². The average molecular weight is 521 g/mol. The molecule has 0 unspecified atom stereocenters. The van der Waals surface area contributed by atoms with Gasteiger partial charge in [0.1, 0.15) is 5.82 Å². The predicted octanol–water partition coefficient (Wildman–Crippen LogP) is 3.97. The van der Waals surface area contributed by atoms with Gasteiger partial charge in [-0.2, -0.15) is 0 Å². The lowest BCUT2D eigenvalue weighted by Gasteiger charge is -2.11.